The molecule has 8 nitrogen and oxygen atoms in total. The van der Waals surface area contributed by atoms with Gasteiger partial charge in [0.1, 0.15) is 16.4 Å². The van der Waals surface area contributed by atoms with Crippen LogP contribution in [0.15, 0.2) is 115 Å². The summed E-state index contributed by atoms with van der Waals surface area (Å²) >= 11 is 7.03. The number of sulfone groups is 2. The van der Waals surface area contributed by atoms with Gasteiger partial charge in [-0.1, -0.05) is 64.9 Å². The van der Waals surface area contributed by atoms with Gasteiger partial charge in [0.15, 0.2) is 0 Å². The SMILES string of the molecule is CCI.COc1ccc(S(=O)(=O)c2ccc(C)cc2)cc1.COc1ccc(S(=O)(=O)c2ccc(C)cc2)cc1S(=O)(=O)Cl.[CH2-]C.[I][V][I]. The number of methoxy groups -OCH3 is 2. The molecule has 16 heteroatoms. The first-order valence-corrected chi connectivity index (χ1v) is 29.4. The number of halogens is 4. The number of hydrogen-bond donors (Lipinski definition) is 0. The molecule has 4 rings (SSSR count). The molecule has 0 fully saturated rings. The van der Waals surface area contributed by atoms with E-state index in [2.05, 4.69) is 76.4 Å². The van der Waals surface area contributed by atoms with E-state index < -0.39 is 28.7 Å². The van der Waals surface area contributed by atoms with Gasteiger partial charge in [0.05, 0.1) is 33.8 Å². The van der Waals surface area contributed by atoms with Gasteiger partial charge in [-0.2, -0.15) is 6.92 Å². The van der Waals surface area contributed by atoms with E-state index in [-0.39, 0.29) is 25.3 Å². The number of alkyl halides is 1. The second-order valence-electron chi connectivity index (χ2n) is 8.89. The van der Waals surface area contributed by atoms with Gasteiger partial charge in [0.2, 0.25) is 19.7 Å². The van der Waals surface area contributed by atoms with Crippen LogP contribution in [0.2, 0.25) is 0 Å². The zero-order valence-electron chi connectivity index (χ0n) is 27.0. The van der Waals surface area contributed by atoms with Crippen LogP contribution in [0.4, 0.5) is 0 Å². The number of aryl methyl sites for hydroxylation is 2. The molecule has 265 valence electrons. The van der Waals surface area contributed by atoms with Crippen LogP contribution in [-0.4, -0.2) is 43.9 Å². The molecule has 0 saturated carbocycles. The molecule has 4 aromatic rings. The topological polar surface area (TPSA) is 121 Å². The van der Waals surface area contributed by atoms with Gasteiger partial charge in [0.25, 0.3) is 9.05 Å². The van der Waals surface area contributed by atoms with Crippen LogP contribution in [0.1, 0.15) is 25.0 Å². The molecular weight excluding hydrogens is 1080 g/mol. The number of hydrogen-bond acceptors (Lipinski definition) is 8. The predicted molar refractivity (Wildman–Crippen MR) is 216 cm³/mol. The van der Waals surface area contributed by atoms with Crippen LogP contribution in [0, 0.1) is 20.8 Å². The molecule has 0 aliphatic carbocycles. The minimum atomic E-state index is -4.13. The molecule has 0 aromatic heterocycles. The molecule has 0 spiro atoms. The van der Waals surface area contributed by atoms with Crippen LogP contribution in [0.25, 0.3) is 0 Å². The van der Waals surface area contributed by atoms with Crippen molar-refractivity contribution < 1.29 is 44.2 Å². The van der Waals surface area contributed by atoms with Crippen molar-refractivity contribution >= 4 is 102 Å². The number of ether oxygens (including phenoxy) is 2. The van der Waals surface area contributed by atoms with E-state index in [1.807, 2.05) is 13.8 Å². The molecule has 0 aliphatic heterocycles. The molecule has 0 amide bonds. The van der Waals surface area contributed by atoms with E-state index in [4.69, 9.17) is 20.2 Å². The molecule has 4 aromatic carbocycles. The summed E-state index contributed by atoms with van der Waals surface area (Å²) in [6, 6.07) is 23.0. The predicted octanol–water partition coefficient (Wildman–Crippen LogP) is 9.65. The average Bonchev–Trinajstić information content (AvgIpc) is 3.06. The van der Waals surface area contributed by atoms with Crippen molar-refractivity contribution in [3.05, 3.63) is 109 Å². The maximum absolute atomic E-state index is 12.5. The van der Waals surface area contributed by atoms with Gasteiger partial charge in [-0.25, -0.2) is 25.3 Å². The average molecular weight is 1110 g/mol. The first-order valence-electron chi connectivity index (χ1n) is 13.6. The Kier molecular flexibility index (Phi) is 23.5. The molecule has 0 bridgehead atoms. The summed E-state index contributed by atoms with van der Waals surface area (Å²) in [4.78, 5) is 0.0906. The van der Waals surface area contributed by atoms with E-state index >= 15 is 0 Å². The molecule has 0 N–H and O–H groups in total. The molecule has 0 atom stereocenters. The van der Waals surface area contributed by atoms with Crippen molar-refractivity contribution in [2.24, 2.45) is 0 Å². The summed E-state index contributed by atoms with van der Waals surface area (Å²) in [7, 11) is -2.64. The van der Waals surface area contributed by atoms with Gasteiger partial charge in [-0.05, 0) is 85.0 Å². The van der Waals surface area contributed by atoms with E-state index in [0.29, 0.717) is 20.1 Å². The van der Waals surface area contributed by atoms with Gasteiger partial charge in [-0.3, -0.25) is 0 Å². The van der Waals surface area contributed by atoms with Gasteiger partial charge < -0.3 is 16.4 Å². The molecule has 0 saturated heterocycles. The van der Waals surface area contributed by atoms with Gasteiger partial charge in [0, 0.05) is 10.7 Å². The van der Waals surface area contributed by atoms with Gasteiger partial charge in [-0.15, -0.1) is 0 Å². The first kappa shape index (κ1) is 47.4. The second-order valence-corrected chi connectivity index (χ2v) is 28.6. The summed E-state index contributed by atoms with van der Waals surface area (Å²) < 4.78 is 84.0. The van der Waals surface area contributed by atoms with Crippen LogP contribution in [0.5, 0.6) is 11.5 Å². The summed E-state index contributed by atoms with van der Waals surface area (Å²) in [5, 5.41) is 0. The Morgan fingerprint density at radius 2 is 0.958 bits per heavy atom. The molecule has 0 heterocycles. The third-order valence-corrected chi connectivity index (χ3v) is 10.6. The Morgan fingerprint density at radius 1 is 0.646 bits per heavy atom. The van der Waals surface area contributed by atoms with E-state index in [1.165, 1.54) is 35.8 Å². The third-order valence-electron chi connectivity index (χ3n) is 5.74. The summed E-state index contributed by atoms with van der Waals surface area (Å²) in [6.45, 7) is 10.9. The first-order chi connectivity index (χ1) is 22.5. The Morgan fingerprint density at radius 3 is 1.27 bits per heavy atom. The molecule has 48 heavy (non-hydrogen) atoms. The van der Waals surface area contributed by atoms with Crippen molar-refractivity contribution in [1.82, 2.24) is 0 Å². The summed E-state index contributed by atoms with van der Waals surface area (Å²) in [5.41, 5.74) is 1.95. The fourth-order valence-corrected chi connectivity index (χ4v) is 7.12. The van der Waals surface area contributed by atoms with Crippen LogP contribution >= 0.6 is 73.2 Å². The number of benzene rings is 4. The van der Waals surface area contributed by atoms with Crippen LogP contribution in [-0.2, 0) is 38.2 Å². The molecular formula is C32H37ClI3O8S3V-. The van der Waals surface area contributed by atoms with Crippen LogP contribution < -0.4 is 9.47 Å². The fourth-order valence-electron chi connectivity index (χ4n) is 3.48. The van der Waals surface area contributed by atoms with Crippen molar-refractivity contribution in [1.29, 1.82) is 0 Å². The summed E-state index contributed by atoms with van der Waals surface area (Å²) in [5.74, 6) is 0.621. The summed E-state index contributed by atoms with van der Waals surface area (Å²) in [6.07, 6.45) is 0. The van der Waals surface area contributed by atoms with Crippen molar-refractivity contribution in [3.8, 4) is 11.5 Å². The Hall–Kier alpha value is -0.606. The van der Waals surface area contributed by atoms with Crippen molar-refractivity contribution in [3.63, 3.8) is 0 Å². The van der Waals surface area contributed by atoms with E-state index in [9.17, 15) is 25.3 Å². The van der Waals surface area contributed by atoms with Crippen LogP contribution in [0.3, 0.4) is 0 Å². The Bertz CT molecular complexity index is 1860. The zero-order valence-corrected chi connectivity index (χ0v) is 38.1. The zero-order chi connectivity index (χ0) is 37.1. The normalized spacial score (nSPS) is 10.6. The van der Waals surface area contributed by atoms with Crippen molar-refractivity contribution in [2.45, 2.75) is 52.2 Å². The molecule has 0 radical (unpaired) electrons. The van der Waals surface area contributed by atoms with E-state index in [1.54, 1.807) is 74.7 Å². The maximum atomic E-state index is 12.5. The minimum absolute atomic E-state index is 0.0159. The third kappa shape index (κ3) is 15.3. The van der Waals surface area contributed by atoms with Crippen molar-refractivity contribution in [2.75, 3.05) is 18.6 Å². The monoisotopic (exact) mass is 1110 g/mol. The fraction of sp³-hybridized carbons (Fsp3) is 0.219. The standard InChI is InChI=1S/C14H13ClO5S2.C14H14O3S.C2H5I.C2H5.2HI.V/c1-10-3-5-11(6-4-10)21(16,17)12-7-8-13(20-2)14(9-12)22(15,18)19;1-11-3-7-13(8-4-11)18(15,16)14-9-5-12(17-2)6-10-14;1-2-3;1-2;;;/h3-9H,1-2H3;3-10H,1-2H3;2H2,1H3;1H2,2H3;2*1H;/q;;;-1;;;+2/p-2. The molecule has 0 aliphatic rings. The Balaban J connectivity index is 0.000000765. The second kappa shape index (κ2) is 23.8. The quantitative estimate of drug-likeness (QED) is 0.0777. The molecule has 0 unspecified atom stereocenters. The van der Waals surface area contributed by atoms with E-state index in [0.717, 1.165) is 17.2 Å². The number of rotatable bonds is 7. The Labute approximate surface area is 333 Å². The van der Waals surface area contributed by atoms with Gasteiger partial charge >= 0.3 is 49.4 Å².